The van der Waals surface area contributed by atoms with Crippen LogP contribution in [0.1, 0.15) is 47.8 Å². The Hall–Kier alpha value is -1.61. The second-order valence-electron chi connectivity index (χ2n) is 8.03. The molecule has 1 aromatic carbocycles. The maximum atomic E-state index is 5.69. The van der Waals surface area contributed by atoms with Crippen LogP contribution in [0.25, 0.3) is 0 Å². The number of benzene rings is 1. The van der Waals surface area contributed by atoms with E-state index < -0.39 is 0 Å². The molecule has 0 amide bonds. The van der Waals surface area contributed by atoms with Crippen molar-refractivity contribution in [3.8, 4) is 0 Å². The molecule has 0 saturated carbocycles. The SMILES string of the molecule is CCNC(=NCc1c(C)nn(C)c1C)NCC1(c2ccccc2C)CCOCC1.I. The van der Waals surface area contributed by atoms with Gasteiger partial charge in [0.15, 0.2) is 5.96 Å². The molecule has 1 aliphatic rings. The van der Waals surface area contributed by atoms with Crippen LogP contribution in [0.4, 0.5) is 0 Å². The van der Waals surface area contributed by atoms with E-state index in [1.807, 2.05) is 18.7 Å². The van der Waals surface area contributed by atoms with Crippen molar-refractivity contribution in [1.82, 2.24) is 20.4 Å². The van der Waals surface area contributed by atoms with Crippen LogP contribution in [-0.4, -0.2) is 42.0 Å². The van der Waals surface area contributed by atoms with Gasteiger partial charge in [-0.25, -0.2) is 4.99 Å². The van der Waals surface area contributed by atoms with Crippen LogP contribution in [0.3, 0.4) is 0 Å². The number of ether oxygens (including phenoxy) is 1. The van der Waals surface area contributed by atoms with Gasteiger partial charge in [0.25, 0.3) is 0 Å². The average Bonchev–Trinajstić information content (AvgIpc) is 2.96. The molecule has 1 aliphatic heterocycles. The molecule has 166 valence electrons. The molecule has 0 radical (unpaired) electrons. The zero-order valence-corrected chi connectivity index (χ0v) is 21.2. The van der Waals surface area contributed by atoms with Gasteiger partial charge in [0, 0.05) is 50.0 Å². The van der Waals surface area contributed by atoms with E-state index in [0.29, 0.717) is 6.54 Å². The molecule has 0 aliphatic carbocycles. The third-order valence-electron chi connectivity index (χ3n) is 6.16. The number of aliphatic imine (C=N–C) groups is 1. The van der Waals surface area contributed by atoms with E-state index in [1.54, 1.807) is 0 Å². The predicted molar refractivity (Wildman–Crippen MR) is 134 cm³/mol. The molecule has 1 fully saturated rings. The van der Waals surface area contributed by atoms with Gasteiger partial charge in [-0.05, 0) is 51.7 Å². The summed E-state index contributed by atoms with van der Waals surface area (Å²) in [7, 11) is 1.98. The zero-order valence-electron chi connectivity index (χ0n) is 18.9. The lowest BCUT2D eigenvalue weighted by molar-refractivity contribution is 0.0512. The van der Waals surface area contributed by atoms with Gasteiger partial charge in [-0.15, -0.1) is 24.0 Å². The van der Waals surface area contributed by atoms with Crippen molar-refractivity contribution >= 4 is 29.9 Å². The quantitative estimate of drug-likeness (QED) is 0.343. The highest BCUT2D eigenvalue weighted by Gasteiger charge is 2.35. The van der Waals surface area contributed by atoms with Crippen molar-refractivity contribution in [2.24, 2.45) is 12.0 Å². The van der Waals surface area contributed by atoms with Gasteiger partial charge in [0.05, 0.1) is 12.2 Å². The molecule has 1 aromatic heterocycles. The zero-order chi connectivity index (χ0) is 20.9. The van der Waals surface area contributed by atoms with Gasteiger partial charge < -0.3 is 15.4 Å². The van der Waals surface area contributed by atoms with Gasteiger partial charge in [0.1, 0.15) is 0 Å². The monoisotopic (exact) mass is 525 g/mol. The summed E-state index contributed by atoms with van der Waals surface area (Å²) in [5, 5.41) is 11.5. The fraction of sp³-hybridized carbons (Fsp3) is 0.565. The topological polar surface area (TPSA) is 63.5 Å². The lowest BCUT2D eigenvalue weighted by atomic mass is 9.72. The Labute approximate surface area is 197 Å². The second-order valence-corrected chi connectivity index (χ2v) is 8.03. The van der Waals surface area contributed by atoms with Crippen molar-refractivity contribution in [1.29, 1.82) is 0 Å². The number of nitrogens with one attached hydrogen (secondary N) is 2. The molecule has 0 bridgehead atoms. The minimum absolute atomic E-state index is 0. The summed E-state index contributed by atoms with van der Waals surface area (Å²) in [5.41, 5.74) is 6.25. The Bertz CT molecular complexity index is 855. The van der Waals surface area contributed by atoms with Crippen molar-refractivity contribution in [2.75, 3.05) is 26.3 Å². The first kappa shape index (κ1) is 24.7. The minimum atomic E-state index is 0. The van der Waals surface area contributed by atoms with Gasteiger partial charge in [0.2, 0.25) is 0 Å². The maximum Gasteiger partial charge on any atom is 0.191 e. The number of aromatic nitrogens is 2. The summed E-state index contributed by atoms with van der Waals surface area (Å²) in [6, 6.07) is 8.74. The minimum Gasteiger partial charge on any atom is -0.381 e. The van der Waals surface area contributed by atoms with Crippen LogP contribution >= 0.6 is 24.0 Å². The molecule has 7 heteroatoms. The highest BCUT2D eigenvalue weighted by atomic mass is 127. The molecular weight excluding hydrogens is 489 g/mol. The van der Waals surface area contributed by atoms with E-state index in [9.17, 15) is 0 Å². The van der Waals surface area contributed by atoms with Crippen LogP contribution in [0.5, 0.6) is 0 Å². The molecule has 3 rings (SSSR count). The predicted octanol–water partition coefficient (Wildman–Crippen LogP) is 3.77. The maximum absolute atomic E-state index is 5.69. The Morgan fingerprint density at radius 1 is 1.17 bits per heavy atom. The van der Waals surface area contributed by atoms with E-state index in [4.69, 9.17) is 9.73 Å². The van der Waals surface area contributed by atoms with Gasteiger partial charge in [-0.2, -0.15) is 5.10 Å². The molecule has 0 unspecified atom stereocenters. The third-order valence-corrected chi connectivity index (χ3v) is 6.16. The summed E-state index contributed by atoms with van der Waals surface area (Å²) >= 11 is 0. The molecule has 6 nitrogen and oxygen atoms in total. The fourth-order valence-corrected chi connectivity index (χ4v) is 4.27. The molecule has 2 N–H and O–H groups in total. The Morgan fingerprint density at radius 2 is 1.87 bits per heavy atom. The van der Waals surface area contributed by atoms with E-state index in [-0.39, 0.29) is 29.4 Å². The van der Waals surface area contributed by atoms with Crippen molar-refractivity contribution < 1.29 is 4.74 Å². The summed E-state index contributed by atoms with van der Waals surface area (Å²) in [6.07, 6.45) is 2.04. The summed E-state index contributed by atoms with van der Waals surface area (Å²) in [4.78, 5) is 4.86. The Balaban J connectivity index is 0.00000320. The van der Waals surface area contributed by atoms with Crippen molar-refractivity contribution in [3.63, 3.8) is 0 Å². The lowest BCUT2D eigenvalue weighted by Crippen LogP contribution is -2.48. The van der Waals surface area contributed by atoms with Crippen molar-refractivity contribution in [3.05, 3.63) is 52.3 Å². The standard InChI is InChI=1S/C23H35N5O.HI/c1-6-24-22(25-15-20-18(3)27-28(5)19(20)4)26-16-23(11-13-29-14-12-23)21-10-8-7-9-17(21)2;/h7-10H,6,11-16H2,1-5H3,(H2,24,25,26);1H. The van der Waals surface area contributed by atoms with Crippen LogP contribution < -0.4 is 10.6 Å². The van der Waals surface area contributed by atoms with E-state index in [2.05, 4.69) is 60.8 Å². The first-order chi connectivity index (χ1) is 14.0. The first-order valence-corrected chi connectivity index (χ1v) is 10.6. The van der Waals surface area contributed by atoms with E-state index in [1.165, 1.54) is 22.4 Å². The van der Waals surface area contributed by atoms with Crippen molar-refractivity contribution in [2.45, 2.75) is 52.5 Å². The van der Waals surface area contributed by atoms with Gasteiger partial charge in [-0.3, -0.25) is 4.68 Å². The smallest absolute Gasteiger partial charge is 0.191 e. The molecule has 0 atom stereocenters. The second kappa shape index (κ2) is 11.1. The van der Waals surface area contributed by atoms with E-state index in [0.717, 1.165) is 50.8 Å². The summed E-state index contributed by atoms with van der Waals surface area (Å²) in [5.74, 6) is 0.856. The molecule has 0 spiro atoms. The lowest BCUT2D eigenvalue weighted by Gasteiger charge is -2.39. The number of hydrogen-bond donors (Lipinski definition) is 2. The third kappa shape index (κ3) is 5.55. The first-order valence-electron chi connectivity index (χ1n) is 10.6. The van der Waals surface area contributed by atoms with Gasteiger partial charge in [-0.1, -0.05) is 24.3 Å². The molecule has 2 aromatic rings. The molecule has 2 heterocycles. The Morgan fingerprint density at radius 3 is 2.47 bits per heavy atom. The number of guanidine groups is 1. The average molecular weight is 525 g/mol. The number of rotatable bonds is 6. The number of hydrogen-bond acceptors (Lipinski definition) is 3. The highest BCUT2D eigenvalue weighted by Crippen LogP contribution is 2.36. The number of nitrogens with zero attached hydrogens (tertiary/aromatic N) is 3. The number of halogens is 1. The van der Waals surface area contributed by atoms with Gasteiger partial charge >= 0.3 is 0 Å². The van der Waals surface area contributed by atoms with Crippen LogP contribution in [0, 0.1) is 20.8 Å². The summed E-state index contributed by atoms with van der Waals surface area (Å²) < 4.78 is 7.62. The number of aryl methyl sites for hydroxylation is 3. The highest BCUT2D eigenvalue weighted by molar-refractivity contribution is 14.0. The molecular formula is C23H36IN5O. The largest absolute Gasteiger partial charge is 0.381 e. The van der Waals surface area contributed by atoms with Crippen LogP contribution in [-0.2, 0) is 23.7 Å². The Kier molecular flexibility index (Phi) is 9.15. The summed E-state index contributed by atoms with van der Waals surface area (Å²) in [6.45, 7) is 12.4. The molecule has 1 saturated heterocycles. The van der Waals surface area contributed by atoms with E-state index >= 15 is 0 Å². The normalized spacial score (nSPS) is 16.1. The fourth-order valence-electron chi connectivity index (χ4n) is 4.27. The van der Waals surface area contributed by atoms with Crippen LogP contribution in [0.15, 0.2) is 29.3 Å². The molecule has 30 heavy (non-hydrogen) atoms. The van der Waals surface area contributed by atoms with Crippen LogP contribution in [0.2, 0.25) is 0 Å².